The first-order valence-corrected chi connectivity index (χ1v) is 11.4. The van der Waals surface area contributed by atoms with E-state index in [-0.39, 0.29) is 39.0 Å². The minimum atomic E-state index is -3.89. The van der Waals surface area contributed by atoms with Crippen molar-refractivity contribution in [1.82, 2.24) is 14.6 Å². The van der Waals surface area contributed by atoms with Crippen molar-refractivity contribution in [3.63, 3.8) is 0 Å². The molecule has 0 saturated carbocycles. The van der Waals surface area contributed by atoms with Gasteiger partial charge in [0.15, 0.2) is 28.8 Å². The summed E-state index contributed by atoms with van der Waals surface area (Å²) in [5.41, 5.74) is 1.29. The maximum Gasteiger partial charge on any atom is 0.267 e. The Morgan fingerprint density at radius 2 is 1.66 bits per heavy atom. The monoisotopic (exact) mass is 498 g/mol. The molecule has 32 heavy (non-hydrogen) atoms. The number of Topliss-reactive ketones (excluding diaryl/α,β-unsaturated/α-hetero) is 1. The molecule has 2 heterocycles. The van der Waals surface area contributed by atoms with Gasteiger partial charge in [-0.2, -0.15) is 0 Å². The molecule has 0 spiro atoms. The summed E-state index contributed by atoms with van der Waals surface area (Å²) < 4.78 is 23.6. The van der Waals surface area contributed by atoms with Crippen LogP contribution in [0, 0.1) is 0 Å². The van der Waals surface area contributed by atoms with E-state index in [1.165, 1.54) is 41.0 Å². The highest BCUT2D eigenvalue weighted by molar-refractivity contribution is 7.91. The van der Waals surface area contributed by atoms with Crippen LogP contribution in [0.5, 0.6) is 23.0 Å². The molecular weight excluding hydrogens is 484 g/mol. The molecule has 168 valence electrons. The summed E-state index contributed by atoms with van der Waals surface area (Å²) in [5, 5.41) is 45.6. The first kappa shape index (κ1) is 23.3. The van der Waals surface area contributed by atoms with Crippen molar-refractivity contribution in [3.05, 3.63) is 48.2 Å². The van der Waals surface area contributed by atoms with Gasteiger partial charge in [0.2, 0.25) is 9.30 Å². The molecule has 11 nitrogen and oxygen atoms in total. The second-order valence-corrected chi connectivity index (χ2v) is 9.17. The van der Waals surface area contributed by atoms with Gasteiger partial charge >= 0.3 is 0 Å². The van der Waals surface area contributed by atoms with Crippen LogP contribution in [0.15, 0.2) is 46.9 Å². The van der Waals surface area contributed by atoms with E-state index in [1.807, 2.05) is 0 Å². The Kier molecular flexibility index (Phi) is 6.55. The second kappa shape index (κ2) is 9.00. The highest BCUT2D eigenvalue weighted by Gasteiger charge is 2.18. The molecular formula is C18H15ClN4O7S2. The quantitative estimate of drug-likeness (QED) is 0.159. The zero-order chi connectivity index (χ0) is 23.6. The number of alkyl halides is 1. The summed E-state index contributed by atoms with van der Waals surface area (Å²) in [6.45, 7) is 0. The molecule has 4 aromatic rings. The van der Waals surface area contributed by atoms with Gasteiger partial charge in [-0.3, -0.25) is 4.79 Å². The first-order chi connectivity index (χ1) is 15.0. The number of hydrogen-bond donors (Lipinski definition) is 5. The minimum absolute atomic E-state index is 0.135. The van der Waals surface area contributed by atoms with E-state index in [9.17, 15) is 23.4 Å². The molecule has 0 aliphatic heterocycles. The number of nitrogens with zero attached hydrogens (tertiary/aromatic N) is 3. The fourth-order valence-electron chi connectivity index (χ4n) is 2.44. The van der Waals surface area contributed by atoms with Crippen LogP contribution in [-0.4, -0.2) is 55.1 Å². The number of primary sulfonamides is 1. The summed E-state index contributed by atoms with van der Waals surface area (Å²) in [4.78, 5) is 15.3. The number of imidazole rings is 1. The SMILES string of the molecule is NS(=O)(=O)c1nn2c(-c3ccc(O)c(O)c3)cnc2s1.O=C(CCl)c1ccc(O)c(O)c1. The van der Waals surface area contributed by atoms with Crippen LogP contribution in [0.25, 0.3) is 16.2 Å². The standard InChI is InChI=1S/C10H8N4O4S2.C8H7ClO3/c11-20(17,18)10-13-14-6(4-12-9(14)19-10)5-1-2-7(15)8(16)3-5;9-4-8(12)5-1-2-6(10)7(11)3-5/h1-4,15-16H,(H2,11,17,18);1-3,10-11H,4H2. The van der Waals surface area contributed by atoms with Crippen molar-refractivity contribution in [2.75, 3.05) is 5.88 Å². The molecule has 0 aliphatic carbocycles. The number of aromatic nitrogens is 3. The predicted octanol–water partition coefficient (Wildman–Crippen LogP) is 2.04. The van der Waals surface area contributed by atoms with Gasteiger partial charge in [-0.25, -0.2) is 23.1 Å². The number of carbonyl (C=O) groups is 1. The molecule has 0 saturated heterocycles. The van der Waals surface area contributed by atoms with Crippen LogP contribution in [-0.2, 0) is 10.0 Å². The van der Waals surface area contributed by atoms with Crippen LogP contribution in [0.3, 0.4) is 0 Å². The van der Waals surface area contributed by atoms with Crippen LogP contribution in [0.1, 0.15) is 10.4 Å². The largest absolute Gasteiger partial charge is 0.504 e. The van der Waals surface area contributed by atoms with Crippen molar-refractivity contribution in [1.29, 1.82) is 0 Å². The molecule has 2 aromatic heterocycles. The van der Waals surface area contributed by atoms with E-state index in [0.29, 0.717) is 21.8 Å². The number of sulfonamides is 1. The van der Waals surface area contributed by atoms with E-state index < -0.39 is 10.0 Å². The summed E-state index contributed by atoms with van der Waals surface area (Å²) in [6.07, 6.45) is 1.48. The Labute approximate surface area is 189 Å². The maximum absolute atomic E-state index is 11.3. The first-order valence-electron chi connectivity index (χ1n) is 8.52. The normalized spacial score (nSPS) is 11.2. The third kappa shape index (κ3) is 4.91. The summed E-state index contributed by atoms with van der Waals surface area (Å²) in [5.74, 6) is -1.53. The summed E-state index contributed by atoms with van der Waals surface area (Å²) >= 11 is 6.13. The van der Waals surface area contributed by atoms with E-state index in [2.05, 4.69) is 10.1 Å². The lowest BCUT2D eigenvalue weighted by molar-refractivity contribution is 0.102. The number of nitrogens with two attached hydrogens (primary N) is 1. The molecule has 0 atom stereocenters. The lowest BCUT2D eigenvalue weighted by Crippen LogP contribution is -2.12. The second-order valence-electron chi connectivity index (χ2n) is 6.21. The van der Waals surface area contributed by atoms with Gasteiger partial charge < -0.3 is 20.4 Å². The van der Waals surface area contributed by atoms with Gasteiger partial charge in [-0.15, -0.1) is 16.7 Å². The molecule has 6 N–H and O–H groups in total. The minimum Gasteiger partial charge on any atom is -0.504 e. The average Bonchev–Trinajstić information content (AvgIpc) is 3.33. The lowest BCUT2D eigenvalue weighted by Gasteiger charge is -2.01. The van der Waals surface area contributed by atoms with Crippen LogP contribution >= 0.6 is 22.9 Å². The summed E-state index contributed by atoms with van der Waals surface area (Å²) in [7, 11) is -3.89. The molecule has 0 fully saturated rings. The van der Waals surface area contributed by atoms with E-state index in [1.54, 1.807) is 6.07 Å². The number of carbonyl (C=O) groups excluding carboxylic acids is 1. The van der Waals surface area contributed by atoms with Crippen molar-refractivity contribution < 1.29 is 33.6 Å². The van der Waals surface area contributed by atoms with Crippen molar-refractivity contribution in [3.8, 4) is 34.3 Å². The number of aromatic hydroxyl groups is 4. The van der Waals surface area contributed by atoms with Gasteiger partial charge in [0, 0.05) is 11.1 Å². The molecule has 2 aromatic carbocycles. The number of phenolic OH excluding ortho intramolecular Hbond substituents is 4. The van der Waals surface area contributed by atoms with Crippen LogP contribution in [0.4, 0.5) is 0 Å². The Hall–Kier alpha value is -3.39. The fourth-order valence-corrected chi connectivity index (χ4v) is 4.09. The van der Waals surface area contributed by atoms with Crippen molar-refractivity contribution in [2.24, 2.45) is 5.14 Å². The number of phenols is 4. The van der Waals surface area contributed by atoms with Crippen molar-refractivity contribution >= 4 is 43.7 Å². The number of fused-ring (bicyclic) bond motifs is 1. The van der Waals surface area contributed by atoms with Crippen molar-refractivity contribution in [2.45, 2.75) is 4.34 Å². The van der Waals surface area contributed by atoms with E-state index in [4.69, 9.17) is 27.0 Å². The Morgan fingerprint density at radius 1 is 1.03 bits per heavy atom. The molecule has 0 radical (unpaired) electrons. The van der Waals surface area contributed by atoms with Gasteiger partial charge in [-0.1, -0.05) is 11.3 Å². The fraction of sp³-hybridized carbons (Fsp3) is 0.0556. The van der Waals surface area contributed by atoms with E-state index in [0.717, 1.165) is 11.3 Å². The Balaban J connectivity index is 0.000000207. The van der Waals surface area contributed by atoms with Gasteiger partial charge in [0.25, 0.3) is 10.0 Å². The predicted molar refractivity (Wildman–Crippen MR) is 116 cm³/mol. The molecule has 0 aliphatic rings. The number of benzene rings is 2. The van der Waals surface area contributed by atoms with Gasteiger partial charge in [0.05, 0.1) is 17.8 Å². The third-order valence-electron chi connectivity index (χ3n) is 4.00. The molecule has 0 bridgehead atoms. The van der Waals surface area contributed by atoms with E-state index >= 15 is 0 Å². The Bertz CT molecular complexity index is 1420. The highest BCUT2D eigenvalue weighted by Crippen LogP contribution is 2.32. The summed E-state index contributed by atoms with van der Waals surface area (Å²) in [6, 6.07) is 8.02. The molecule has 4 rings (SSSR count). The zero-order valence-corrected chi connectivity index (χ0v) is 18.3. The molecule has 0 amide bonds. The number of rotatable bonds is 4. The Morgan fingerprint density at radius 3 is 2.22 bits per heavy atom. The average molecular weight is 499 g/mol. The van der Waals surface area contributed by atoms with Gasteiger partial charge in [-0.05, 0) is 36.4 Å². The van der Waals surface area contributed by atoms with Crippen LogP contribution in [0.2, 0.25) is 0 Å². The smallest absolute Gasteiger partial charge is 0.267 e. The number of halogens is 1. The van der Waals surface area contributed by atoms with Crippen LogP contribution < -0.4 is 5.14 Å². The van der Waals surface area contributed by atoms with Gasteiger partial charge in [0.1, 0.15) is 0 Å². The molecule has 14 heteroatoms. The lowest BCUT2D eigenvalue weighted by atomic mass is 10.1. The molecule has 0 unspecified atom stereocenters. The number of ketones is 1. The zero-order valence-electron chi connectivity index (χ0n) is 15.9. The topological polar surface area (TPSA) is 188 Å². The maximum atomic E-state index is 11.3. The number of hydrogen-bond acceptors (Lipinski definition) is 10. The highest BCUT2D eigenvalue weighted by atomic mass is 35.5. The third-order valence-corrected chi connectivity index (χ3v) is 6.48.